The van der Waals surface area contributed by atoms with Gasteiger partial charge in [-0.3, -0.25) is 14.4 Å². The highest BCUT2D eigenvalue weighted by Crippen LogP contribution is 2.41. The Labute approximate surface area is 191 Å². The summed E-state index contributed by atoms with van der Waals surface area (Å²) < 4.78 is 6.92. The van der Waals surface area contributed by atoms with Crippen molar-refractivity contribution in [1.82, 2.24) is 19.7 Å². The molecule has 0 radical (unpaired) electrons. The van der Waals surface area contributed by atoms with Crippen LogP contribution in [0.5, 0.6) is 0 Å². The number of benzene rings is 1. The van der Waals surface area contributed by atoms with Crippen LogP contribution in [-0.2, 0) is 17.8 Å². The Morgan fingerprint density at radius 1 is 1.06 bits per heavy atom. The second kappa shape index (κ2) is 8.73. The molecule has 4 rings (SSSR count). The molecule has 9 nitrogen and oxygen atoms in total. The summed E-state index contributed by atoms with van der Waals surface area (Å²) in [5, 5.41) is 2.77. The molecule has 0 saturated heterocycles. The molecule has 2 heterocycles. The highest BCUT2D eigenvalue weighted by molar-refractivity contribution is 5.96. The van der Waals surface area contributed by atoms with E-state index < -0.39 is 23.2 Å². The van der Waals surface area contributed by atoms with Gasteiger partial charge < -0.3 is 24.4 Å². The minimum Gasteiger partial charge on any atom is -0.441 e. The Morgan fingerprint density at radius 2 is 1.76 bits per heavy atom. The molecule has 0 bridgehead atoms. The van der Waals surface area contributed by atoms with Gasteiger partial charge in [-0.25, -0.2) is 4.79 Å². The minimum atomic E-state index is -0.657. The summed E-state index contributed by atoms with van der Waals surface area (Å²) in [5.74, 6) is -0.782. The van der Waals surface area contributed by atoms with Crippen LogP contribution >= 0.6 is 0 Å². The third-order valence-electron chi connectivity index (χ3n) is 6.05. The SMILES string of the molecule is Cc1ccc(CNC(=O)c2ccc3n(c2=O)CCN(CC2(OC(=O)N(C)C)CC2)C3=O)cc1. The predicted molar refractivity (Wildman–Crippen MR) is 121 cm³/mol. The summed E-state index contributed by atoms with van der Waals surface area (Å²) in [5.41, 5.74) is 1.15. The number of aryl methyl sites for hydroxylation is 1. The molecule has 9 heteroatoms. The van der Waals surface area contributed by atoms with Gasteiger partial charge in [0.1, 0.15) is 16.9 Å². The van der Waals surface area contributed by atoms with Crippen LogP contribution in [0.2, 0.25) is 0 Å². The molecule has 174 valence electrons. The zero-order chi connectivity index (χ0) is 23.8. The zero-order valence-electron chi connectivity index (χ0n) is 19.1. The van der Waals surface area contributed by atoms with E-state index in [1.165, 1.54) is 21.6 Å². The first-order valence-corrected chi connectivity index (χ1v) is 11.0. The Bertz CT molecular complexity index is 1150. The molecular formula is C24H28N4O5. The molecule has 1 aromatic carbocycles. The molecule has 1 N–H and O–H groups in total. The van der Waals surface area contributed by atoms with Crippen LogP contribution in [0.3, 0.4) is 0 Å². The molecule has 1 saturated carbocycles. The molecule has 0 spiro atoms. The van der Waals surface area contributed by atoms with Gasteiger partial charge in [-0.2, -0.15) is 0 Å². The van der Waals surface area contributed by atoms with Gasteiger partial charge in [-0.05, 0) is 37.5 Å². The fraction of sp³-hybridized carbons (Fsp3) is 0.417. The number of nitrogens with one attached hydrogen (secondary N) is 1. The van der Waals surface area contributed by atoms with E-state index in [-0.39, 0.29) is 23.7 Å². The molecule has 1 aliphatic carbocycles. The smallest absolute Gasteiger partial charge is 0.409 e. The van der Waals surface area contributed by atoms with Gasteiger partial charge in [0.15, 0.2) is 0 Å². The van der Waals surface area contributed by atoms with Gasteiger partial charge in [-0.1, -0.05) is 29.8 Å². The number of carbonyl (C=O) groups excluding carboxylic acids is 3. The summed E-state index contributed by atoms with van der Waals surface area (Å²) in [6.45, 7) is 3.16. The highest BCUT2D eigenvalue weighted by atomic mass is 16.6. The van der Waals surface area contributed by atoms with Crippen LogP contribution in [0.1, 0.15) is 44.8 Å². The number of carbonyl (C=O) groups is 3. The van der Waals surface area contributed by atoms with Gasteiger partial charge in [0.05, 0.1) is 6.54 Å². The number of hydrogen-bond acceptors (Lipinski definition) is 5. The van der Waals surface area contributed by atoms with Crippen LogP contribution in [0.4, 0.5) is 4.79 Å². The van der Waals surface area contributed by atoms with E-state index in [1.54, 1.807) is 19.0 Å². The summed E-state index contributed by atoms with van der Waals surface area (Å²) in [7, 11) is 3.23. The molecule has 0 atom stereocenters. The van der Waals surface area contributed by atoms with E-state index >= 15 is 0 Å². The molecule has 3 amide bonds. The third-order valence-corrected chi connectivity index (χ3v) is 6.05. The fourth-order valence-electron chi connectivity index (χ4n) is 3.83. The van der Waals surface area contributed by atoms with Crippen molar-refractivity contribution in [3.63, 3.8) is 0 Å². The Hall–Kier alpha value is -3.62. The number of pyridine rings is 1. The van der Waals surface area contributed by atoms with Crippen molar-refractivity contribution in [3.8, 4) is 0 Å². The van der Waals surface area contributed by atoms with Gasteiger partial charge in [0, 0.05) is 33.7 Å². The Kier molecular flexibility index (Phi) is 5.97. The van der Waals surface area contributed by atoms with Crippen molar-refractivity contribution >= 4 is 17.9 Å². The Balaban J connectivity index is 1.44. The van der Waals surface area contributed by atoms with Gasteiger partial charge in [0.2, 0.25) is 0 Å². The zero-order valence-corrected chi connectivity index (χ0v) is 19.1. The number of rotatable bonds is 6. The number of nitrogens with zero attached hydrogens (tertiary/aromatic N) is 3. The van der Waals surface area contributed by atoms with Crippen LogP contribution in [0.15, 0.2) is 41.2 Å². The molecule has 1 aromatic heterocycles. The molecule has 33 heavy (non-hydrogen) atoms. The quantitative estimate of drug-likeness (QED) is 0.720. The second-order valence-electron chi connectivity index (χ2n) is 8.93. The topological polar surface area (TPSA) is 101 Å². The summed E-state index contributed by atoms with van der Waals surface area (Å²) in [6.07, 6.45) is 0.960. The third kappa shape index (κ3) is 4.76. The van der Waals surface area contributed by atoms with E-state index in [0.29, 0.717) is 32.5 Å². The minimum absolute atomic E-state index is 0.00527. The summed E-state index contributed by atoms with van der Waals surface area (Å²) >= 11 is 0. The molecule has 2 aliphatic rings. The average molecular weight is 453 g/mol. The van der Waals surface area contributed by atoms with E-state index in [1.807, 2.05) is 31.2 Å². The van der Waals surface area contributed by atoms with E-state index in [4.69, 9.17) is 4.74 Å². The first-order chi connectivity index (χ1) is 15.7. The van der Waals surface area contributed by atoms with Crippen molar-refractivity contribution in [1.29, 1.82) is 0 Å². The molecule has 2 aromatic rings. The largest absolute Gasteiger partial charge is 0.441 e. The van der Waals surface area contributed by atoms with Gasteiger partial charge in [-0.15, -0.1) is 0 Å². The maximum atomic E-state index is 13.0. The monoisotopic (exact) mass is 452 g/mol. The number of fused-ring (bicyclic) bond motifs is 1. The summed E-state index contributed by atoms with van der Waals surface area (Å²) in [6, 6.07) is 10.7. The molecule has 0 unspecified atom stereocenters. The summed E-state index contributed by atoms with van der Waals surface area (Å²) in [4.78, 5) is 53.5. The predicted octanol–water partition coefficient (Wildman–Crippen LogP) is 1.77. The first-order valence-electron chi connectivity index (χ1n) is 11.0. The first kappa shape index (κ1) is 22.6. The molecule has 1 fully saturated rings. The lowest BCUT2D eigenvalue weighted by Gasteiger charge is -2.32. The van der Waals surface area contributed by atoms with Crippen molar-refractivity contribution in [3.05, 3.63) is 69.1 Å². The number of aromatic nitrogens is 1. The van der Waals surface area contributed by atoms with Crippen LogP contribution in [-0.4, -0.2) is 65.1 Å². The average Bonchev–Trinajstić information content (AvgIpc) is 3.54. The van der Waals surface area contributed by atoms with E-state index in [9.17, 15) is 19.2 Å². The van der Waals surface area contributed by atoms with E-state index in [2.05, 4.69) is 5.32 Å². The maximum Gasteiger partial charge on any atom is 0.409 e. The second-order valence-corrected chi connectivity index (χ2v) is 8.93. The number of amides is 3. The van der Waals surface area contributed by atoms with Gasteiger partial charge >= 0.3 is 6.09 Å². The van der Waals surface area contributed by atoms with Crippen molar-refractivity contribution < 1.29 is 19.1 Å². The van der Waals surface area contributed by atoms with Crippen LogP contribution < -0.4 is 10.9 Å². The number of ether oxygens (including phenoxy) is 1. The standard InChI is InChI=1S/C24H28N4O5/c1-16-4-6-17(7-5-16)14-25-20(29)18-8-9-19-22(31)27(12-13-28(19)21(18)30)15-24(10-11-24)33-23(32)26(2)3/h4-9H,10-15H2,1-3H3,(H,25,29). The highest BCUT2D eigenvalue weighted by Gasteiger charge is 2.50. The van der Waals surface area contributed by atoms with Crippen molar-refractivity contribution in [2.75, 3.05) is 27.2 Å². The Morgan fingerprint density at radius 3 is 2.39 bits per heavy atom. The van der Waals surface area contributed by atoms with E-state index in [0.717, 1.165) is 11.1 Å². The lowest BCUT2D eigenvalue weighted by Crippen LogP contribution is -2.49. The lowest BCUT2D eigenvalue weighted by atomic mass is 10.1. The fourth-order valence-corrected chi connectivity index (χ4v) is 3.83. The normalized spacial score (nSPS) is 16.1. The molecular weight excluding hydrogens is 424 g/mol. The lowest BCUT2D eigenvalue weighted by molar-refractivity contribution is 0.0288. The van der Waals surface area contributed by atoms with Crippen LogP contribution in [0, 0.1) is 6.92 Å². The van der Waals surface area contributed by atoms with Crippen LogP contribution in [0.25, 0.3) is 0 Å². The van der Waals surface area contributed by atoms with Gasteiger partial charge in [0.25, 0.3) is 17.4 Å². The number of hydrogen-bond donors (Lipinski definition) is 1. The molecule has 1 aliphatic heterocycles. The van der Waals surface area contributed by atoms with Crippen molar-refractivity contribution in [2.24, 2.45) is 0 Å². The van der Waals surface area contributed by atoms with Crippen molar-refractivity contribution in [2.45, 2.75) is 38.5 Å². The maximum absolute atomic E-state index is 13.0.